The summed E-state index contributed by atoms with van der Waals surface area (Å²) in [7, 11) is 0. The van der Waals surface area contributed by atoms with Crippen molar-refractivity contribution in [3.8, 4) is 0 Å². The summed E-state index contributed by atoms with van der Waals surface area (Å²) >= 11 is 13.6. The molecule has 0 amide bonds. The first-order valence-corrected chi connectivity index (χ1v) is 9.83. The molecule has 1 heterocycles. The maximum absolute atomic E-state index is 12.7. The van der Waals surface area contributed by atoms with Crippen LogP contribution in [0.3, 0.4) is 0 Å². The third kappa shape index (κ3) is 4.57. The predicted octanol–water partition coefficient (Wildman–Crippen LogP) is 5.56. The number of carbonyl (C=O) groups excluding carboxylic acids is 1. The molecule has 0 saturated carbocycles. The second kappa shape index (κ2) is 8.26. The summed E-state index contributed by atoms with van der Waals surface area (Å²) in [5.41, 5.74) is 1.55. The highest BCUT2D eigenvalue weighted by Crippen LogP contribution is 2.28. The van der Waals surface area contributed by atoms with Gasteiger partial charge in [-0.3, -0.25) is 9.79 Å². The molecular formula is C19H18Cl2N2OS. The smallest absolute Gasteiger partial charge is 0.182 e. The van der Waals surface area contributed by atoms with Crippen LogP contribution in [0.1, 0.15) is 23.7 Å². The normalized spacial score (nSPS) is 16.6. The predicted molar refractivity (Wildman–Crippen MR) is 109 cm³/mol. The van der Waals surface area contributed by atoms with E-state index in [0.29, 0.717) is 21.7 Å². The quantitative estimate of drug-likeness (QED) is 0.623. The summed E-state index contributed by atoms with van der Waals surface area (Å²) in [6, 6.07) is 14.8. The molecule has 1 atom stereocenters. The Bertz CT molecular complexity index is 775. The van der Waals surface area contributed by atoms with Gasteiger partial charge in [0, 0.05) is 27.0 Å². The van der Waals surface area contributed by atoms with E-state index in [1.165, 1.54) is 0 Å². The van der Waals surface area contributed by atoms with Crippen molar-refractivity contribution in [2.75, 3.05) is 17.2 Å². The van der Waals surface area contributed by atoms with Gasteiger partial charge in [-0.2, -0.15) is 0 Å². The number of ketones is 1. The molecule has 0 aliphatic carbocycles. The number of anilines is 1. The molecule has 0 saturated heterocycles. The molecule has 130 valence electrons. The lowest BCUT2D eigenvalue weighted by atomic mass is 10.1. The molecule has 2 aromatic carbocycles. The molecule has 0 fully saturated rings. The Morgan fingerprint density at radius 1 is 1.12 bits per heavy atom. The van der Waals surface area contributed by atoms with Gasteiger partial charge in [0.1, 0.15) is 0 Å². The summed E-state index contributed by atoms with van der Waals surface area (Å²) < 4.78 is 0. The number of Topliss-reactive ketones (excluding diaryl/α,β-unsaturated/α-hetero) is 1. The van der Waals surface area contributed by atoms with E-state index >= 15 is 0 Å². The molecule has 6 heteroatoms. The van der Waals surface area contributed by atoms with E-state index in [1.54, 1.807) is 36.0 Å². The lowest BCUT2D eigenvalue weighted by Crippen LogP contribution is -2.33. The lowest BCUT2D eigenvalue weighted by Gasteiger charge is -2.23. The van der Waals surface area contributed by atoms with Crippen molar-refractivity contribution < 1.29 is 4.79 Å². The van der Waals surface area contributed by atoms with E-state index in [-0.39, 0.29) is 12.3 Å². The van der Waals surface area contributed by atoms with Crippen LogP contribution >= 0.6 is 35.0 Å². The Morgan fingerprint density at radius 3 is 2.28 bits per heavy atom. The maximum atomic E-state index is 12.7. The number of carbonyl (C=O) groups is 1. The molecular weight excluding hydrogens is 375 g/mol. The minimum atomic E-state index is 0.0230. The van der Waals surface area contributed by atoms with Crippen LogP contribution in [-0.4, -0.2) is 29.3 Å². The lowest BCUT2D eigenvalue weighted by molar-refractivity contribution is 0.100. The van der Waals surface area contributed by atoms with Gasteiger partial charge in [-0.05, 0) is 55.0 Å². The first-order chi connectivity index (χ1) is 12.1. The largest absolute Gasteiger partial charge is 0.313 e. The highest BCUT2D eigenvalue weighted by molar-refractivity contribution is 8.14. The fourth-order valence-corrected chi connectivity index (χ4v) is 3.97. The molecule has 1 aliphatic heterocycles. The number of hydrogen-bond donors (Lipinski definition) is 0. The van der Waals surface area contributed by atoms with Crippen LogP contribution in [0.4, 0.5) is 5.69 Å². The molecule has 0 unspecified atom stereocenters. The molecule has 2 aromatic rings. The van der Waals surface area contributed by atoms with Crippen LogP contribution in [0.5, 0.6) is 0 Å². The summed E-state index contributed by atoms with van der Waals surface area (Å²) in [5, 5.41) is 2.17. The van der Waals surface area contributed by atoms with Gasteiger partial charge in [0.25, 0.3) is 0 Å². The molecule has 0 spiro atoms. The SMILES string of the molecule is CC[C@H]1CSC(N(CC(=O)c2ccc(Cl)cc2)c2ccc(Cl)cc2)=N1. The van der Waals surface area contributed by atoms with E-state index in [0.717, 1.165) is 23.0 Å². The van der Waals surface area contributed by atoms with Crippen molar-refractivity contribution in [1.29, 1.82) is 0 Å². The molecule has 0 bridgehead atoms. The molecule has 0 radical (unpaired) electrons. The monoisotopic (exact) mass is 392 g/mol. The van der Waals surface area contributed by atoms with Gasteiger partial charge >= 0.3 is 0 Å². The minimum absolute atomic E-state index is 0.0230. The van der Waals surface area contributed by atoms with E-state index < -0.39 is 0 Å². The highest BCUT2D eigenvalue weighted by Gasteiger charge is 2.25. The van der Waals surface area contributed by atoms with Gasteiger partial charge < -0.3 is 4.90 Å². The molecule has 3 nitrogen and oxygen atoms in total. The standard InChI is InChI=1S/C19H18Cl2N2OS/c1-2-16-12-25-19(22-16)23(17-9-7-15(21)8-10-17)11-18(24)13-3-5-14(20)6-4-13/h3-10,16H,2,11-12H2,1H3/t16-/m0/s1. The third-order valence-corrected chi connectivity index (χ3v) is 5.65. The van der Waals surface area contributed by atoms with Crippen molar-refractivity contribution in [3.63, 3.8) is 0 Å². The number of benzene rings is 2. The molecule has 25 heavy (non-hydrogen) atoms. The number of rotatable bonds is 5. The van der Waals surface area contributed by atoms with Crippen LogP contribution in [0, 0.1) is 0 Å². The molecule has 0 aromatic heterocycles. The average Bonchev–Trinajstić information content (AvgIpc) is 3.10. The first-order valence-electron chi connectivity index (χ1n) is 8.09. The van der Waals surface area contributed by atoms with E-state index in [1.807, 2.05) is 29.2 Å². The van der Waals surface area contributed by atoms with Gasteiger partial charge in [0.15, 0.2) is 11.0 Å². The van der Waals surface area contributed by atoms with Gasteiger partial charge in [-0.1, -0.05) is 41.9 Å². The summed E-state index contributed by atoms with van der Waals surface area (Å²) in [4.78, 5) is 19.5. The number of amidine groups is 1. The third-order valence-electron chi connectivity index (χ3n) is 4.01. The van der Waals surface area contributed by atoms with Crippen LogP contribution in [0.2, 0.25) is 10.0 Å². The number of hydrogen-bond acceptors (Lipinski definition) is 4. The molecule has 3 rings (SSSR count). The van der Waals surface area contributed by atoms with Crippen LogP contribution in [0.25, 0.3) is 0 Å². The second-order valence-electron chi connectivity index (χ2n) is 5.78. The van der Waals surface area contributed by atoms with Crippen molar-refractivity contribution in [2.24, 2.45) is 4.99 Å². The fraction of sp³-hybridized carbons (Fsp3) is 0.263. The second-order valence-corrected chi connectivity index (χ2v) is 7.64. The van der Waals surface area contributed by atoms with Gasteiger partial charge in [0.05, 0.1) is 12.6 Å². The number of thioether (sulfide) groups is 1. The van der Waals surface area contributed by atoms with Gasteiger partial charge in [0.2, 0.25) is 0 Å². The zero-order chi connectivity index (χ0) is 17.8. The van der Waals surface area contributed by atoms with Crippen molar-refractivity contribution in [1.82, 2.24) is 0 Å². The first kappa shape index (κ1) is 18.3. The molecule has 1 aliphatic rings. The van der Waals surface area contributed by atoms with Crippen molar-refractivity contribution in [2.45, 2.75) is 19.4 Å². The minimum Gasteiger partial charge on any atom is -0.313 e. The maximum Gasteiger partial charge on any atom is 0.182 e. The van der Waals surface area contributed by atoms with Crippen molar-refractivity contribution >= 4 is 51.6 Å². The van der Waals surface area contributed by atoms with Gasteiger partial charge in [-0.25, -0.2) is 0 Å². The van der Waals surface area contributed by atoms with Crippen LogP contribution in [0.15, 0.2) is 53.5 Å². The Morgan fingerprint density at radius 2 is 1.72 bits per heavy atom. The van der Waals surface area contributed by atoms with E-state index in [2.05, 4.69) is 6.92 Å². The van der Waals surface area contributed by atoms with Crippen molar-refractivity contribution in [3.05, 3.63) is 64.1 Å². The summed E-state index contributed by atoms with van der Waals surface area (Å²) in [6.07, 6.45) is 0.996. The average molecular weight is 393 g/mol. The van der Waals surface area contributed by atoms with Crippen LogP contribution in [-0.2, 0) is 0 Å². The topological polar surface area (TPSA) is 32.7 Å². The number of nitrogens with zero attached hydrogens (tertiary/aromatic N) is 2. The zero-order valence-electron chi connectivity index (χ0n) is 13.8. The van der Waals surface area contributed by atoms with Crippen LogP contribution < -0.4 is 4.90 Å². The summed E-state index contributed by atoms with van der Waals surface area (Å²) in [5.74, 6) is 0.972. The van der Waals surface area contributed by atoms with Gasteiger partial charge in [-0.15, -0.1) is 0 Å². The fourth-order valence-electron chi connectivity index (χ4n) is 2.52. The Kier molecular flexibility index (Phi) is 6.05. The Hall–Kier alpha value is -1.49. The number of halogens is 2. The Labute approximate surface area is 162 Å². The molecule has 0 N–H and O–H groups in total. The Balaban J connectivity index is 1.87. The number of aliphatic imine (C=N–C) groups is 1. The van der Waals surface area contributed by atoms with E-state index in [9.17, 15) is 4.79 Å². The zero-order valence-corrected chi connectivity index (χ0v) is 16.1. The summed E-state index contributed by atoms with van der Waals surface area (Å²) in [6.45, 7) is 2.36. The highest BCUT2D eigenvalue weighted by atomic mass is 35.5. The van der Waals surface area contributed by atoms with E-state index in [4.69, 9.17) is 28.2 Å².